The lowest BCUT2D eigenvalue weighted by Crippen LogP contribution is -2.26. The maximum atomic E-state index is 14.1. The molecular formula is C25H27FO4. The van der Waals surface area contributed by atoms with Crippen molar-refractivity contribution in [2.75, 3.05) is 0 Å². The third-order valence-corrected chi connectivity index (χ3v) is 7.31. The summed E-state index contributed by atoms with van der Waals surface area (Å²) in [5, 5.41) is 9.20. The Morgan fingerprint density at radius 3 is 2.53 bits per heavy atom. The molecule has 0 radical (unpaired) electrons. The number of para-hydroxylation sites is 1. The molecule has 5 rings (SSSR count). The normalized spacial score (nSPS) is 31.6. The first-order chi connectivity index (χ1) is 14.4. The summed E-state index contributed by atoms with van der Waals surface area (Å²) in [7, 11) is 0. The molecule has 0 amide bonds. The van der Waals surface area contributed by atoms with E-state index in [2.05, 4.69) is 0 Å². The molecule has 3 fully saturated rings. The van der Waals surface area contributed by atoms with E-state index in [1.54, 1.807) is 0 Å². The van der Waals surface area contributed by atoms with Crippen molar-refractivity contribution in [2.45, 2.75) is 57.2 Å². The van der Waals surface area contributed by atoms with Crippen molar-refractivity contribution >= 4 is 5.97 Å². The highest BCUT2D eigenvalue weighted by atomic mass is 19.1. The zero-order valence-corrected chi connectivity index (χ0v) is 17.0. The Bertz CT molecular complexity index is 933. The van der Waals surface area contributed by atoms with Gasteiger partial charge in [-0.15, -0.1) is 0 Å². The van der Waals surface area contributed by atoms with Crippen LogP contribution in [0.15, 0.2) is 48.5 Å². The number of ether oxygens (including phenoxy) is 2. The highest BCUT2D eigenvalue weighted by molar-refractivity contribution is 5.73. The van der Waals surface area contributed by atoms with E-state index in [1.165, 1.54) is 12.1 Å². The van der Waals surface area contributed by atoms with E-state index >= 15 is 0 Å². The number of hydrogen-bond acceptors (Lipinski definition) is 3. The minimum atomic E-state index is -0.644. The van der Waals surface area contributed by atoms with Gasteiger partial charge in [0.05, 0.1) is 18.1 Å². The van der Waals surface area contributed by atoms with Crippen LogP contribution in [0, 0.1) is 23.1 Å². The Morgan fingerprint density at radius 2 is 1.83 bits per heavy atom. The number of carbonyl (C=O) groups is 1. The van der Waals surface area contributed by atoms with Gasteiger partial charge in [0.2, 0.25) is 0 Å². The van der Waals surface area contributed by atoms with Gasteiger partial charge >= 0.3 is 5.97 Å². The SMILES string of the molecule is O=C(O)C1CC1CC12CCC(OCc3cc(F)cc(Oc4ccccc4)c3)(CC1)C2. The maximum Gasteiger partial charge on any atom is 0.306 e. The standard InChI is InChI=1S/C25H27FO4/c26-19-10-17(11-21(13-19)30-20-4-2-1-3-5-20)15-29-25-8-6-24(16-25,7-9-25)14-18-12-22(18)23(27)28/h1-5,10-11,13,18,22H,6-9,12,14-16H2,(H,27,28). The first kappa shape index (κ1) is 19.6. The molecule has 1 N–H and O–H groups in total. The Morgan fingerprint density at radius 1 is 1.07 bits per heavy atom. The van der Waals surface area contributed by atoms with E-state index < -0.39 is 5.97 Å². The lowest BCUT2D eigenvalue weighted by molar-refractivity contribution is -0.138. The molecule has 2 atom stereocenters. The summed E-state index contributed by atoms with van der Waals surface area (Å²) in [5.74, 6) is 0.376. The summed E-state index contributed by atoms with van der Waals surface area (Å²) >= 11 is 0. The fourth-order valence-corrected chi connectivity index (χ4v) is 5.70. The molecule has 3 aliphatic rings. The van der Waals surface area contributed by atoms with Gasteiger partial charge in [0.15, 0.2) is 0 Å². The van der Waals surface area contributed by atoms with E-state index in [9.17, 15) is 14.3 Å². The second-order valence-corrected chi connectivity index (χ2v) is 9.50. The Hall–Kier alpha value is -2.40. The predicted molar refractivity (Wildman–Crippen MR) is 110 cm³/mol. The number of benzene rings is 2. The van der Waals surface area contributed by atoms with Crippen LogP contribution in [0.4, 0.5) is 4.39 Å². The zero-order valence-electron chi connectivity index (χ0n) is 17.0. The molecule has 158 valence electrons. The van der Waals surface area contributed by atoms with E-state index in [1.807, 2.05) is 36.4 Å². The lowest BCUT2D eigenvalue weighted by atomic mass is 9.79. The highest BCUT2D eigenvalue weighted by Crippen LogP contribution is 2.63. The molecule has 2 bridgehead atoms. The van der Waals surface area contributed by atoms with Crippen LogP contribution in [0.3, 0.4) is 0 Å². The third kappa shape index (κ3) is 3.95. The quantitative estimate of drug-likeness (QED) is 0.584. The molecule has 3 saturated carbocycles. The van der Waals surface area contributed by atoms with Crippen molar-refractivity contribution in [1.29, 1.82) is 0 Å². The molecular weight excluding hydrogens is 383 g/mol. The minimum Gasteiger partial charge on any atom is -0.481 e. The van der Waals surface area contributed by atoms with Gasteiger partial charge in [0.25, 0.3) is 0 Å². The van der Waals surface area contributed by atoms with Crippen molar-refractivity contribution in [3.05, 3.63) is 59.9 Å². The van der Waals surface area contributed by atoms with Crippen LogP contribution in [0.25, 0.3) is 0 Å². The summed E-state index contributed by atoms with van der Waals surface area (Å²) in [6.45, 7) is 0.361. The second kappa shape index (κ2) is 7.38. The number of fused-ring (bicyclic) bond motifs is 2. The van der Waals surface area contributed by atoms with Crippen LogP contribution in [0.5, 0.6) is 11.5 Å². The highest BCUT2D eigenvalue weighted by Gasteiger charge is 2.58. The number of halogens is 1. The fraction of sp³-hybridized carbons (Fsp3) is 0.480. The number of carboxylic acids is 1. The topological polar surface area (TPSA) is 55.8 Å². The molecule has 0 spiro atoms. The number of hydrogen-bond donors (Lipinski definition) is 1. The first-order valence-electron chi connectivity index (χ1n) is 10.8. The first-order valence-corrected chi connectivity index (χ1v) is 10.8. The molecule has 2 aromatic rings. The van der Waals surface area contributed by atoms with Gasteiger partial charge in [-0.1, -0.05) is 18.2 Å². The molecule has 0 saturated heterocycles. The molecule has 30 heavy (non-hydrogen) atoms. The average Bonchev–Trinajstić information content (AvgIpc) is 3.26. The summed E-state index contributed by atoms with van der Waals surface area (Å²) in [6, 6.07) is 14.1. The molecule has 5 heteroatoms. The van der Waals surface area contributed by atoms with Crippen molar-refractivity contribution < 1.29 is 23.8 Å². The smallest absolute Gasteiger partial charge is 0.306 e. The molecule has 2 unspecified atom stereocenters. The van der Waals surface area contributed by atoms with Crippen molar-refractivity contribution in [1.82, 2.24) is 0 Å². The van der Waals surface area contributed by atoms with Crippen molar-refractivity contribution in [3.8, 4) is 11.5 Å². The Balaban J connectivity index is 1.21. The molecule has 0 aromatic heterocycles. The van der Waals surface area contributed by atoms with Crippen LogP contribution in [0.2, 0.25) is 0 Å². The monoisotopic (exact) mass is 410 g/mol. The van der Waals surface area contributed by atoms with Crippen LogP contribution >= 0.6 is 0 Å². The molecule has 0 heterocycles. The summed E-state index contributed by atoms with van der Waals surface area (Å²) in [5.41, 5.74) is 0.881. The summed E-state index contributed by atoms with van der Waals surface area (Å²) in [6.07, 6.45) is 7.11. The number of carboxylic acid groups (broad SMARTS) is 1. The van der Waals surface area contributed by atoms with E-state index in [0.29, 0.717) is 24.0 Å². The van der Waals surface area contributed by atoms with E-state index in [4.69, 9.17) is 9.47 Å². The van der Waals surface area contributed by atoms with Crippen LogP contribution < -0.4 is 4.74 Å². The minimum absolute atomic E-state index is 0.133. The van der Waals surface area contributed by atoms with Gasteiger partial charge in [0.1, 0.15) is 17.3 Å². The summed E-state index contributed by atoms with van der Waals surface area (Å²) in [4.78, 5) is 11.2. The molecule has 2 aromatic carbocycles. The number of aliphatic carboxylic acids is 1. The molecule has 3 aliphatic carbocycles. The average molecular weight is 410 g/mol. The Kier molecular flexibility index (Phi) is 4.81. The van der Waals surface area contributed by atoms with Crippen LogP contribution in [-0.4, -0.2) is 16.7 Å². The lowest BCUT2D eigenvalue weighted by Gasteiger charge is -2.28. The largest absolute Gasteiger partial charge is 0.481 e. The third-order valence-electron chi connectivity index (χ3n) is 7.31. The van der Waals surface area contributed by atoms with E-state index in [0.717, 1.165) is 50.5 Å². The van der Waals surface area contributed by atoms with Gasteiger partial charge in [-0.3, -0.25) is 4.79 Å². The maximum absolute atomic E-state index is 14.1. The zero-order chi connectivity index (χ0) is 20.8. The van der Waals surface area contributed by atoms with Gasteiger partial charge in [0, 0.05) is 6.07 Å². The predicted octanol–water partition coefficient (Wildman–Crippen LogP) is 5.95. The van der Waals surface area contributed by atoms with Gasteiger partial charge in [-0.25, -0.2) is 4.39 Å². The molecule has 0 aliphatic heterocycles. The Labute approximate surface area is 176 Å². The second-order valence-electron chi connectivity index (χ2n) is 9.50. The fourth-order valence-electron chi connectivity index (χ4n) is 5.70. The summed E-state index contributed by atoms with van der Waals surface area (Å²) < 4.78 is 26.3. The van der Waals surface area contributed by atoms with Crippen LogP contribution in [0.1, 0.15) is 50.5 Å². The molecule has 4 nitrogen and oxygen atoms in total. The van der Waals surface area contributed by atoms with Gasteiger partial charge < -0.3 is 14.6 Å². The van der Waals surface area contributed by atoms with E-state index in [-0.39, 0.29) is 22.8 Å². The van der Waals surface area contributed by atoms with Gasteiger partial charge in [-0.05, 0) is 86.1 Å². The van der Waals surface area contributed by atoms with Gasteiger partial charge in [-0.2, -0.15) is 0 Å². The van der Waals surface area contributed by atoms with Crippen molar-refractivity contribution in [3.63, 3.8) is 0 Å². The number of rotatable bonds is 8. The van der Waals surface area contributed by atoms with Crippen LogP contribution in [-0.2, 0) is 16.1 Å². The van der Waals surface area contributed by atoms with Crippen molar-refractivity contribution in [2.24, 2.45) is 17.3 Å².